The van der Waals surface area contributed by atoms with Gasteiger partial charge < -0.3 is 15.0 Å². The molecule has 0 heterocycles. The van der Waals surface area contributed by atoms with Crippen LogP contribution in [0, 0.1) is 6.92 Å². The molecule has 0 unspecified atom stereocenters. The van der Waals surface area contributed by atoms with E-state index in [1.807, 2.05) is 44.4 Å². The Morgan fingerprint density at radius 3 is 2.26 bits per heavy atom. The highest BCUT2D eigenvalue weighted by Crippen LogP contribution is 2.28. The summed E-state index contributed by atoms with van der Waals surface area (Å²) >= 11 is 1.51. The Balaban J connectivity index is 1.70. The van der Waals surface area contributed by atoms with Gasteiger partial charge in [-0.3, -0.25) is 13.9 Å². The van der Waals surface area contributed by atoms with Crippen molar-refractivity contribution in [3.05, 3.63) is 83.9 Å². The number of sulfonamides is 1. The highest BCUT2D eigenvalue weighted by molar-refractivity contribution is 7.98. The van der Waals surface area contributed by atoms with Gasteiger partial charge in [0.25, 0.3) is 10.0 Å². The summed E-state index contributed by atoms with van der Waals surface area (Å²) in [6.45, 7) is 5.69. The summed E-state index contributed by atoms with van der Waals surface area (Å²) < 4.78 is 34.8. The van der Waals surface area contributed by atoms with Gasteiger partial charge in [0.05, 0.1) is 17.2 Å². The fourth-order valence-corrected chi connectivity index (χ4v) is 7.05. The quantitative estimate of drug-likeness (QED) is 0.242. The number of hydrogen-bond donors (Lipinski definition) is 1. The molecule has 3 aromatic rings. The van der Waals surface area contributed by atoms with Crippen molar-refractivity contribution < 1.29 is 22.7 Å². The Labute approximate surface area is 259 Å². The van der Waals surface area contributed by atoms with Gasteiger partial charge in [-0.05, 0) is 99.5 Å². The molecule has 0 spiro atoms. The van der Waals surface area contributed by atoms with Gasteiger partial charge >= 0.3 is 0 Å². The van der Waals surface area contributed by atoms with E-state index in [9.17, 15) is 18.0 Å². The maximum atomic E-state index is 14.2. The normalized spacial score (nSPS) is 14.2. The van der Waals surface area contributed by atoms with Crippen LogP contribution in [-0.4, -0.2) is 56.6 Å². The molecule has 0 aliphatic heterocycles. The van der Waals surface area contributed by atoms with Gasteiger partial charge in [-0.25, -0.2) is 8.42 Å². The predicted molar refractivity (Wildman–Crippen MR) is 172 cm³/mol. The van der Waals surface area contributed by atoms with Crippen molar-refractivity contribution in [2.24, 2.45) is 0 Å². The van der Waals surface area contributed by atoms with Crippen LogP contribution in [0.5, 0.6) is 5.75 Å². The van der Waals surface area contributed by atoms with E-state index in [-0.39, 0.29) is 23.4 Å². The van der Waals surface area contributed by atoms with Gasteiger partial charge in [-0.1, -0.05) is 37.1 Å². The second kappa shape index (κ2) is 14.8. The van der Waals surface area contributed by atoms with Crippen LogP contribution in [-0.2, 0) is 26.2 Å². The van der Waals surface area contributed by atoms with Crippen molar-refractivity contribution >= 4 is 39.3 Å². The molecule has 1 saturated carbocycles. The SMILES string of the molecule is CCOc1ccc(N(CC(=O)N(Cc2ccccc2C)[C@@H](C)C(=O)NC2CCCC2)S(=O)(=O)c2ccc(SC)cc2)cc1. The summed E-state index contributed by atoms with van der Waals surface area (Å²) in [6.07, 6.45) is 5.89. The molecule has 1 N–H and O–H groups in total. The van der Waals surface area contributed by atoms with Crippen molar-refractivity contribution in [1.29, 1.82) is 0 Å². The number of aryl methyl sites for hydroxylation is 1. The summed E-state index contributed by atoms with van der Waals surface area (Å²) in [5.41, 5.74) is 2.19. The Hall–Kier alpha value is -3.50. The van der Waals surface area contributed by atoms with E-state index in [0.29, 0.717) is 18.0 Å². The van der Waals surface area contributed by atoms with Crippen LogP contribution in [0.15, 0.2) is 82.6 Å². The highest BCUT2D eigenvalue weighted by atomic mass is 32.2. The van der Waals surface area contributed by atoms with Gasteiger partial charge in [0.15, 0.2) is 0 Å². The molecule has 0 aromatic heterocycles. The summed E-state index contributed by atoms with van der Waals surface area (Å²) in [6, 6.07) is 20.2. The minimum absolute atomic E-state index is 0.0736. The first kappa shape index (κ1) is 32.4. The van der Waals surface area contributed by atoms with Crippen molar-refractivity contribution in [3.8, 4) is 5.75 Å². The Morgan fingerprint density at radius 2 is 1.65 bits per heavy atom. The topological polar surface area (TPSA) is 96.0 Å². The maximum Gasteiger partial charge on any atom is 0.264 e. The minimum atomic E-state index is -4.14. The summed E-state index contributed by atoms with van der Waals surface area (Å²) in [5.74, 6) is -0.120. The Bertz CT molecular complexity index is 1490. The second-order valence-electron chi connectivity index (χ2n) is 10.7. The molecule has 4 rings (SSSR count). The van der Waals surface area contributed by atoms with E-state index in [4.69, 9.17) is 4.74 Å². The third-order valence-electron chi connectivity index (χ3n) is 7.83. The van der Waals surface area contributed by atoms with Crippen molar-refractivity contribution in [3.63, 3.8) is 0 Å². The monoisotopic (exact) mass is 623 g/mol. The number of carbonyl (C=O) groups is 2. The molecule has 0 saturated heterocycles. The number of nitrogens with one attached hydrogen (secondary N) is 1. The summed E-state index contributed by atoms with van der Waals surface area (Å²) in [7, 11) is -4.14. The van der Waals surface area contributed by atoms with Crippen LogP contribution >= 0.6 is 11.8 Å². The molecule has 43 heavy (non-hydrogen) atoms. The maximum absolute atomic E-state index is 14.2. The first-order valence-electron chi connectivity index (χ1n) is 14.7. The fourth-order valence-electron chi connectivity index (χ4n) is 5.22. The molecule has 8 nitrogen and oxygen atoms in total. The number of thioether (sulfide) groups is 1. The summed E-state index contributed by atoms with van der Waals surface area (Å²) in [4.78, 5) is 30.1. The van der Waals surface area contributed by atoms with E-state index < -0.39 is 28.5 Å². The number of carbonyl (C=O) groups excluding carboxylic acids is 2. The molecule has 1 aliphatic carbocycles. The lowest BCUT2D eigenvalue weighted by Gasteiger charge is -2.33. The standard InChI is InChI=1S/C33H41N3O5S2/c1-5-41-29-16-14-28(15-17-29)36(43(39,40)31-20-18-30(42-4)19-21-31)23-32(37)35(22-26-11-7-6-10-24(26)2)25(3)33(38)34-27-12-8-9-13-27/h6-7,10-11,14-21,25,27H,5,8-9,12-13,22-23H2,1-4H3,(H,34,38)/t25-/m0/s1. The molecule has 0 bridgehead atoms. The smallest absolute Gasteiger partial charge is 0.264 e. The Kier molecular flexibility index (Phi) is 11.2. The largest absolute Gasteiger partial charge is 0.494 e. The lowest BCUT2D eigenvalue weighted by atomic mass is 10.1. The van der Waals surface area contributed by atoms with Gasteiger partial charge in [-0.2, -0.15) is 0 Å². The molecule has 1 fully saturated rings. The number of ether oxygens (including phenoxy) is 1. The lowest BCUT2D eigenvalue weighted by molar-refractivity contribution is -0.139. The average molecular weight is 624 g/mol. The second-order valence-corrected chi connectivity index (χ2v) is 13.5. The van der Waals surface area contributed by atoms with Crippen molar-refractivity contribution in [1.82, 2.24) is 10.2 Å². The van der Waals surface area contributed by atoms with Crippen LogP contribution in [0.4, 0.5) is 5.69 Å². The zero-order chi connectivity index (χ0) is 31.0. The molecule has 3 aromatic carbocycles. The highest BCUT2D eigenvalue weighted by Gasteiger charge is 2.33. The van der Waals surface area contributed by atoms with E-state index >= 15 is 0 Å². The zero-order valence-electron chi connectivity index (χ0n) is 25.3. The number of benzene rings is 3. The molecule has 10 heteroatoms. The van der Waals surface area contributed by atoms with Gasteiger partial charge in [0.1, 0.15) is 18.3 Å². The number of nitrogens with zero attached hydrogens (tertiary/aromatic N) is 2. The molecule has 1 atom stereocenters. The number of amides is 2. The molecule has 2 amide bonds. The predicted octanol–water partition coefficient (Wildman–Crippen LogP) is 5.79. The number of anilines is 1. The third-order valence-corrected chi connectivity index (χ3v) is 10.4. The van der Waals surface area contributed by atoms with Crippen molar-refractivity contribution in [2.75, 3.05) is 23.7 Å². The average Bonchev–Trinajstić information content (AvgIpc) is 3.52. The van der Waals surface area contributed by atoms with Crippen molar-refractivity contribution in [2.45, 2.75) is 74.9 Å². The van der Waals surface area contributed by atoms with E-state index in [1.165, 1.54) is 16.7 Å². The third kappa shape index (κ3) is 8.12. The first-order chi connectivity index (χ1) is 20.6. The molecule has 1 aliphatic rings. The van der Waals surface area contributed by atoms with Crippen LogP contribution < -0.4 is 14.4 Å². The minimum Gasteiger partial charge on any atom is -0.494 e. The van der Waals surface area contributed by atoms with Crippen LogP contribution in [0.25, 0.3) is 0 Å². The zero-order valence-corrected chi connectivity index (χ0v) is 26.9. The van der Waals surface area contributed by atoms with Gasteiger partial charge in [0.2, 0.25) is 11.8 Å². The van der Waals surface area contributed by atoms with Gasteiger partial charge in [-0.15, -0.1) is 11.8 Å². The van der Waals surface area contributed by atoms with Crippen LogP contribution in [0.2, 0.25) is 0 Å². The van der Waals surface area contributed by atoms with E-state index in [0.717, 1.165) is 46.0 Å². The van der Waals surface area contributed by atoms with Crippen LogP contribution in [0.3, 0.4) is 0 Å². The number of rotatable bonds is 13. The van der Waals surface area contributed by atoms with Crippen LogP contribution in [0.1, 0.15) is 50.7 Å². The fraction of sp³-hybridized carbons (Fsp3) is 0.394. The molecule has 0 radical (unpaired) electrons. The van der Waals surface area contributed by atoms with Gasteiger partial charge in [0, 0.05) is 17.5 Å². The van der Waals surface area contributed by atoms with E-state index in [2.05, 4.69) is 5.32 Å². The Morgan fingerprint density at radius 1 is 1.00 bits per heavy atom. The molecular formula is C33H41N3O5S2. The lowest BCUT2D eigenvalue weighted by Crippen LogP contribution is -2.52. The molecular weight excluding hydrogens is 583 g/mol. The molecule has 230 valence electrons. The first-order valence-corrected chi connectivity index (χ1v) is 17.3. The summed E-state index contributed by atoms with van der Waals surface area (Å²) in [5, 5.41) is 3.10. The number of hydrogen-bond acceptors (Lipinski definition) is 6. The van der Waals surface area contributed by atoms with E-state index in [1.54, 1.807) is 55.5 Å².